The van der Waals surface area contributed by atoms with E-state index < -0.39 is 23.8 Å². The Labute approximate surface area is 123 Å². The fourth-order valence-electron chi connectivity index (χ4n) is 2.57. The fourth-order valence-corrected chi connectivity index (χ4v) is 2.57. The molecular weight excluding hydrogens is 272 g/mol. The van der Waals surface area contributed by atoms with Crippen LogP contribution >= 0.6 is 0 Å². The fraction of sp³-hybridized carbons (Fsp3) is 0.571. The number of nitrogens with zero attached hydrogens (tertiary/aromatic N) is 3. The molecule has 0 saturated carbocycles. The summed E-state index contributed by atoms with van der Waals surface area (Å²) >= 11 is 0. The summed E-state index contributed by atoms with van der Waals surface area (Å²) in [6, 6.07) is -0.662. The molecule has 1 aromatic heterocycles. The summed E-state index contributed by atoms with van der Waals surface area (Å²) in [7, 11) is 1.81. The third-order valence-corrected chi connectivity index (χ3v) is 3.93. The lowest BCUT2D eigenvalue weighted by atomic mass is 9.92. The van der Waals surface area contributed by atoms with Gasteiger partial charge in [0, 0.05) is 18.3 Å². The van der Waals surface area contributed by atoms with E-state index in [4.69, 9.17) is 0 Å². The van der Waals surface area contributed by atoms with E-state index in [-0.39, 0.29) is 12.5 Å². The minimum absolute atomic E-state index is 0.132. The van der Waals surface area contributed by atoms with E-state index in [1.165, 1.54) is 0 Å². The van der Waals surface area contributed by atoms with Crippen molar-refractivity contribution < 1.29 is 14.4 Å². The summed E-state index contributed by atoms with van der Waals surface area (Å²) in [5.74, 6) is -1.94. The monoisotopic (exact) mass is 292 g/mol. The molecule has 7 heteroatoms. The van der Waals surface area contributed by atoms with Gasteiger partial charge in [0.15, 0.2) is 0 Å². The van der Waals surface area contributed by atoms with Gasteiger partial charge in [0.2, 0.25) is 11.8 Å². The zero-order valence-electron chi connectivity index (χ0n) is 12.9. The number of barbiturate groups is 1. The summed E-state index contributed by atoms with van der Waals surface area (Å²) < 4.78 is 1.71. The topological polar surface area (TPSA) is 84.3 Å². The highest BCUT2D eigenvalue weighted by molar-refractivity contribution is 6.16. The molecule has 0 spiro atoms. The van der Waals surface area contributed by atoms with Gasteiger partial charge in [-0.15, -0.1) is 0 Å². The van der Waals surface area contributed by atoms with Gasteiger partial charge < -0.3 is 0 Å². The number of aromatic nitrogens is 2. The number of amides is 4. The van der Waals surface area contributed by atoms with Gasteiger partial charge in [0.25, 0.3) is 0 Å². The van der Waals surface area contributed by atoms with Crippen LogP contribution in [0.1, 0.15) is 30.8 Å². The molecule has 0 aromatic carbocycles. The van der Waals surface area contributed by atoms with Crippen molar-refractivity contribution in [2.45, 2.75) is 34.2 Å². The number of hydrogen-bond acceptors (Lipinski definition) is 4. The highest BCUT2D eigenvalue weighted by Gasteiger charge is 2.42. The lowest BCUT2D eigenvalue weighted by molar-refractivity contribution is -0.144. The summed E-state index contributed by atoms with van der Waals surface area (Å²) in [4.78, 5) is 37.3. The second-order valence-electron chi connectivity index (χ2n) is 5.71. The van der Waals surface area contributed by atoms with Gasteiger partial charge in [-0.3, -0.25) is 24.5 Å². The summed E-state index contributed by atoms with van der Waals surface area (Å²) in [5, 5.41) is 6.53. The molecule has 1 atom stereocenters. The minimum atomic E-state index is -0.819. The maximum Gasteiger partial charge on any atom is 0.331 e. The quantitative estimate of drug-likeness (QED) is 0.838. The van der Waals surface area contributed by atoms with E-state index in [0.717, 1.165) is 21.9 Å². The number of urea groups is 1. The highest BCUT2D eigenvalue weighted by atomic mass is 16.2. The first-order valence-electron chi connectivity index (χ1n) is 6.89. The van der Waals surface area contributed by atoms with Crippen LogP contribution in [0.3, 0.4) is 0 Å². The molecular formula is C14H20N4O3. The lowest BCUT2D eigenvalue weighted by Gasteiger charge is -2.31. The Balaban J connectivity index is 2.32. The number of aryl methyl sites for hydroxylation is 2. The van der Waals surface area contributed by atoms with Crippen LogP contribution < -0.4 is 5.32 Å². The summed E-state index contributed by atoms with van der Waals surface area (Å²) in [5.41, 5.74) is 2.50. The maximum atomic E-state index is 12.4. The van der Waals surface area contributed by atoms with Crippen molar-refractivity contribution in [1.29, 1.82) is 0 Å². The molecule has 0 bridgehead atoms. The second-order valence-corrected chi connectivity index (χ2v) is 5.71. The average molecular weight is 292 g/mol. The molecule has 0 radical (unpaired) electrons. The number of hydrogen-bond donors (Lipinski definition) is 1. The molecule has 1 saturated heterocycles. The lowest BCUT2D eigenvalue weighted by Crippen LogP contribution is -2.58. The third-order valence-electron chi connectivity index (χ3n) is 3.93. The average Bonchev–Trinajstić information content (AvgIpc) is 2.59. The number of carbonyl (C=O) groups excluding carboxylic acids is 3. The van der Waals surface area contributed by atoms with E-state index >= 15 is 0 Å². The first-order chi connectivity index (χ1) is 9.73. The molecule has 0 aliphatic carbocycles. The Morgan fingerprint density at radius 2 is 1.86 bits per heavy atom. The van der Waals surface area contributed by atoms with Crippen molar-refractivity contribution >= 4 is 17.8 Å². The molecule has 21 heavy (non-hydrogen) atoms. The van der Waals surface area contributed by atoms with Crippen LogP contribution in [0.15, 0.2) is 0 Å². The SMILES string of the molecule is Cc1nn(C)c(C)c1CN1C(=O)NC(=O)C(C(C)C)C1=O. The normalized spacial score (nSPS) is 19.4. The van der Waals surface area contributed by atoms with Gasteiger partial charge in [-0.05, 0) is 19.8 Å². The zero-order chi connectivity index (χ0) is 15.9. The first kappa shape index (κ1) is 15.2. The molecule has 1 unspecified atom stereocenters. The Kier molecular flexibility index (Phi) is 3.85. The van der Waals surface area contributed by atoms with Crippen LogP contribution in [0.2, 0.25) is 0 Å². The van der Waals surface area contributed by atoms with Gasteiger partial charge in [-0.2, -0.15) is 5.10 Å². The van der Waals surface area contributed by atoms with Crippen molar-refractivity contribution in [1.82, 2.24) is 20.0 Å². The van der Waals surface area contributed by atoms with Gasteiger partial charge in [0.1, 0.15) is 5.92 Å². The molecule has 114 valence electrons. The second kappa shape index (κ2) is 5.31. The van der Waals surface area contributed by atoms with Crippen LogP contribution in [0.5, 0.6) is 0 Å². The van der Waals surface area contributed by atoms with E-state index in [1.807, 2.05) is 20.9 Å². The van der Waals surface area contributed by atoms with Crippen molar-refractivity contribution in [3.05, 3.63) is 17.0 Å². The largest absolute Gasteiger partial charge is 0.331 e. The van der Waals surface area contributed by atoms with Crippen molar-refractivity contribution in [3.63, 3.8) is 0 Å². The Morgan fingerprint density at radius 1 is 1.24 bits per heavy atom. The van der Waals surface area contributed by atoms with Gasteiger partial charge in [-0.25, -0.2) is 4.79 Å². The van der Waals surface area contributed by atoms with E-state index in [9.17, 15) is 14.4 Å². The van der Waals surface area contributed by atoms with Gasteiger partial charge >= 0.3 is 6.03 Å². The molecule has 1 aliphatic heterocycles. The van der Waals surface area contributed by atoms with Crippen molar-refractivity contribution in [3.8, 4) is 0 Å². The van der Waals surface area contributed by atoms with Crippen molar-refractivity contribution in [2.75, 3.05) is 0 Å². The van der Waals surface area contributed by atoms with E-state index in [0.29, 0.717) is 0 Å². The number of rotatable bonds is 3. The molecule has 4 amide bonds. The molecule has 1 aliphatic rings. The van der Waals surface area contributed by atoms with Crippen LogP contribution in [-0.2, 0) is 23.2 Å². The van der Waals surface area contributed by atoms with E-state index in [2.05, 4.69) is 10.4 Å². The van der Waals surface area contributed by atoms with Crippen LogP contribution in [0, 0.1) is 25.7 Å². The zero-order valence-corrected chi connectivity index (χ0v) is 12.9. The third kappa shape index (κ3) is 2.55. The van der Waals surface area contributed by atoms with Gasteiger partial charge in [-0.1, -0.05) is 13.8 Å². The maximum absolute atomic E-state index is 12.4. The molecule has 1 aromatic rings. The number of imide groups is 2. The number of carbonyl (C=O) groups is 3. The molecule has 2 rings (SSSR count). The molecule has 1 N–H and O–H groups in total. The molecule has 1 fully saturated rings. The Bertz CT molecular complexity index is 618. The molecule has 2 heterocycles. The van der Waals surface area contributed by atoms with Gasteiger partial charge in [0.05, 0.1) is 12.2 Å². The summed E-state index contributed by atoms with van der Waals surface area (Å²) in [6.45, 7) is 7.42. The predicted molar refractivity (Wildman–Crippen MR) is 75.1 cm³/mol. The van der Waals surface area contributed by atoms with Crippen molar-refractivity contribution in [2.24, 2.45) is 18.9 Å². The Hall–Kier alpha value is -2.18. The van der Waals surface area contributed by atoms with E-state index in [1.54, 1.807) is 18.5 Å². The first-order valence-corrected chi connectivity index (χ1v) is 6.89. The summed E-state index contributed by atoms with van der Waals surface area (Å²) in [6.07, 6.45) is 0. The standard InChI is InChI=1S/C14H20N4O3/c1-7(2)11-12(19)15-14(21)18(13(11)20)6-10-8(3)16-17(5)9(10)4/h7,11H,6H2,1-5H3,(H,15,19,21). The number of nitrogens with one attached hydrogen (secondary N) is 1. The predicted octanol–water partition coefficient (Wildman–Crippen LogP) is 0.888. The smallest absolute Gasteiger partial charge is 0.277 e. The molecule has 7 nitrogen and oxygen atoms in total. The minimum Gasteiger partial charge on any atom is -0.277 e. The highest BCUT2D eigenvalue weighted by Crippen LogP contribution is 2.22. The van der Waals surface area contributed by atoms with Crippen LogP contribution in [0.25, 0.3) is 0 Å². The Morgan fingerprint density at radius 3 is 2.33 bits per heavy atom. The van der Waals surface area contributed by atoms with Crippen LogP contribution in [0.4, 0.5) is 4.79 Å². The van der Waals surface area contributed by atoms with Crippen LogP contribution in [-0.4, -0.2) is 32.5 Å².